The molecule has 0 aliphatic carbocycles. The van der Waals surface area contributed by atoms with E-state index in [0.717, 1.165) is 28.7 Å². The number of halogens is 1. The van der Waals surface area contributed by atoms with Gasteiger partial charge in [-0.25, -0.2) is 4.98 Å². The second-order valence-electron chi connectivity index (χ2n) is 5.36. The maximum absolute atomic E-state index is 5.98. The lowest BCUT2D eigenvalue weighted by molar-refractivity contribution is 0.521. The van der Waals surface area contributed by atoms with E-state index in [4.69, 9.17) is 11.6 Å². The van der Waals surface area contributed by atoms with Gasteiger partial charge in [0.1, 0.15) is 0 Å². The molecule has 23 heavy (non-hydrogen) atoms. The third kappa shape index (κ3) is 4.61. The van der Waals surface area contributed by atoms with E-state index >= 15 is 0 Å². The lowest BCUT2D eigenvalue weighted by atomic mass is 10.0. The number of hydrogen-bond acceptors (Lipinski definition) is 4. The van der Waals surface area contributed by atoms with E-state index < -0.39 is 0 Å². The summed E-state index contributed by atoms with van der Waals surface area (Å²) in [5.74, 6) is 0. The van der Waals surface area contributed by atoms with Gasteiger partial charge in [-0.15, -0.1) is 11.3 Å². The van der Waals surface area contributed by atoms with Crippen LogP contribution in [-0.2, 0) is 13.0 Å². The minimum absolute atomic E-state index is 0.153. The van der Waals surface area contributed by atoms with Gasteiger partial charge in [-0.2, -0.15) is 0 Å². The third-order valence-corrected chi connectivity index (χ3v) is 4.75. The van der Waals surface area contributed by atoms with E-state index in [1.54, 1.807) is 11.3 Å². The fraction of sp³-hybridized carbons (Fsp3) is 0.222. The van der Waals surface area contributed by atoms with Crippen LogP contribution in [-0.4, -0.2) is 9.97 Å². The van der Waals surface area contributed by atoms with Crippen molar-refractivity contribution in [3.63, 3.8) is 0 Å². The van der Waals surface area contributed by atoms with Gasteiger partial charge < -0.3 is 5.32 Å². The number of benzene rings is 1. The van der Waals surface area contributed by atoms with Crippen LogP contribution >= 0.6 is 22.9 Å². The number of aryl methyl sites for hydroxylation is 1. The predicted octanol–water partition coefficient (Wildman–Crippen LogP) is 4.57. The van der Waals surface area contributed by atoms with Crippen LogP contribution in [0.25, 0.3) is 0 Å². The summed E-state index contributed by atoms with van der Waals surface area (Å²) < 4.78 is 0. The topological polar surface area (TPSA) is 37.8 Å². The standard InChI is InChI=1S/C18H18ClN3S/c1-13-21-11-16(23-13)12-22-18(17-4-2-3-9-20-17)10-14-5-7-15(19)8-6-14/h2-9,11,18,22H,10,12H2,1H3. The highest BCUT2D eigenvalue weighted by Crippen LogP contribution is 2.20. The molecular formula is C18H18ClN3S. The fourth-order valence-electron chi connectivity index (χ4n) is 2.43. The number of nitrogens with one attached hydrogen (secondary N) is 1. The Morgan fingerprint density at radius 3 is 2.61 bits per heavy atom. The zero-order chi connectivity index (χ0) is 16.1. The van der Waals surface area contributed by atoms with Crippen LogP contribution in [0.4, 0.5) is 0 Å². The van der Waals surface area contributed by atoms with Gasteiger partial charge in [-0.05, 0) is 43.2 Å². The van der Waals surface area contributed by atoms with Crippen LogP contribution in [0.2, 0.25) is 5.02 Å². The van der Waals surface area contributed by atoms with Gasteiger partial charge >= 0.3 is 0 Å². The Labute approximate surface area is 145 Å². The summed E-state index contributed by atoms with van der Waals surface area (Å²) in [6.07, 6.45) is 4.64. The summed E-state index contributed by atoms with van der Waals surface area (Å²) >= 11 is 7.70. The van der Waals surface area contributed by atoms with E-state index in [2.05, 4.69) is 33.5 Å². The summed E-state index contributed by atoms with van der Waals surface area (Å²) in [5, 5.41) is 5.46. The van der Waals surface area contributed by atoms with Crippen molar-refractivity contribution >= 4 is 22.9 Å². The molecule has 0 aliphatic rings. The Kier molecular flexibility index (Phi) is 5.39. The number of rotatable bonds is 6. The van der Waals surface area contributed by atoms with Crippen LogP contribution in [0.5, 0.6) is 0 Å². The van der Waals surface area contributed by atoms with Crippen molar-refractivity contribution in [2.75, 3.05) is 0 Å². The highest BCUT2D eigenvalue weighted by molar-refractivity contribution is 7.11. The number of thiazole rings is 1. The normalized spacial score (nSPS) is 12.3. The second kappa shape index (κ2) is 7.68. The fourth-order valence-corrected chi connectivity index (χ4v) is 3.30. The van der Waals surface area contributed by atoms with Gasteiger partial charge in [-0.1, -0.05) is 29.8 Å². The highest BCUT2D eigenvalue weighted by Gasteiger charge is 2.13. The number of pyridine rings is 1. The van der Waals surface area contributed by atoms with Crippen molar-refractivity contribution in [3.05, 3.63) is 81.0 Å². The van der Waals surface area contributed by atoms with Crippen LogP contribution in [0.15, 0.2) is 54.9 Å². The molecule has 2 heterocycles. The number of hydrogen-bond donors (Lipinski definition) is 1. The third-order valence-electron chi connectivity index (χ3n) is 3.59. The molecule has 3 aromatic rings. The summed E-state index contributed by atoms with van der Waals surface area (Å²) in [4.78, 5) is 10.1. The Morgan fingerprint density at radius 1 is 1.13 bits per heavy atom. The average molecular weight is 344 g/mol. The van der Waals surface area contributed by atoms with Gasteiger partial charge in [0.15, 0.2) is 0 Å². The second-order valence-corrected chi connectivity index (χ2v) is 7.12. The molecule has 1 atom stereocenters. The number of nitrogens with zero attached hydrogens (tertiary/aromatic N) is 2. The molecule has 0 saturated carbocycles. The Bertz CT molecular complexity index is 740. The molecule has 0 bridgehead atoms. The molecule has 0 spiro atoms. The van der Waals surface area contributed by atoms with E-state index in [9.17, 15) is 0 Å². The maximum Gasteiger partial charge on any atom is 0.0897 e. The molecule has 1 unspecified atom stereocenters. The smallest absolute Gasteiger partial charge is 0.0897 e. The van der Waals surface area contributed by atoms with E-state index in [0.29, 0.717) is 0 Å². The Hall–Kier alpha value is -1.75. The van der Waals surface area contributed by atoms with Crippen molar-refractivity contribution in [1.29, 1.82) is 0 Å². The molecule has 0 aliphatic heterocycles. The minimum Gasteiger partial charge on any atom is -0.303 e. The molecule has 0 saturated heterocycles. The highest BCUT2D eigenvalue weighted by atomic mass is 35.5. The van der Waals surface area contributed by atoms with Crippen LogP contribution in [0.3, 0.4) is 0 Å². The zero-order valence-electron chi connectivity index (χ0n) is 12.9. The summed E-state index contributed by atoms with van der Waals surface area (Å²) in [6, 6.07) is 14.2. The predicted molar refractivity (Wildman–Crippen MR) is 95.8 cm³/mol. The van der Waals surface area contributed by atoms with Crippen molar-refractivity contribution in [2.24, 2.45) is 0 Å². The lowest BCUT2D eigenvalue weighted by Gasteiger charge is -2.18. The number of aromatic nitrogens is 2. The molecule has 0 amide bonds. The van der Waals surface area contributed by atoms with Gasteiger partial charge in [0.05, 0.1) is 16.7 Å². The SMILES string of the molecule is Cc1ncc(CNC(Cc2ccc(Cl)cc2)c2ccccn2)s1. The van der Waals surface area contributed by atoms with Gasteiger partial charge in [0.2, 0.25) is 0 Å². The zero-order valence-corrected chi connectivity index (χ0v) is 14.4. The lowest BCUT2D eigenvalue weighted by Crippen LogP contribution is -2.23. The van der Waals surface area contributed by atoms with E-state index in [-0.39, 0.29) is 6.04 Å². The van der Waals surface area contributed by atoms with Gasteiger partial charge in [-0.3, -0.25) is 4.98 Å². The van der Waals surface area contributed by atoms with Crippen LogP contribution in [0.1, 0.15) is 27.2 Å². The van der Waals surface area contributed by atoms with E-state index in [1.807, 2.05) is 43.6 Å². The molecule has 0 fully saturated rings. The molecule has 3 rings (SSSR count). The van der Waals surface area contributed by atoms with Crippen molar-refractivity contribution in [2.45, 2.75) is 25.9 Å². The quantitative estimate of drug-likeness (QED) is 0.712. The van der Waals surface area contributed by atoms with E-state index in [1.165, 1.54) is 10.4 Å². The molecule has 118 valence electrons. The van der Waals surface area contributed by atoms with Crippen molar-refractivity contribution in [1.82, 2.24) is 15.3 Å². The molecule has 1 aromatic carbocycles. The molecule has 2 aromatic heterocycles. The minimum atomic E-state index is 0.153. The maximum atomic E-state index is 5.98. The van der Waals surface area contributed by atoms with Crippen molar-refractivity contribution in [3.8, 4) is 0 Å². The van der Waals surface area contributed by atoms with Crippen LogP contribution < -0.4 is 5.32 Å². The summed E-state index contributed by atoms with van der Waals surface area (Å²) in [7, 11) is 0. The summed E-state index contributed by atoms with van der Waals surface area (Å²) in [6.45, 7) is 2.82. The molecule has 5 heteroatoms. The average Bonchev–Trinajstić information content (AvgIpc) is 2.99. The molecular weight excluding hydrogens is 326 g/mol. The van der Waals surface area contributed by atoms with Crippen molar-refractivity contribution < 1.29 is 0 Å². The first-order chi connectivity index (χ1) is 11.2. The molecule has 3 nitrogen and oxygen atoms in total. The first-order valence-corrected chi connectivity index (χ1v) is 8.70. The molecule has 0 radical (unpaired) electrons. The monoisotopic (exact) mass is 343 g/mol. The Balaban J connectivity index is 1.74. The van der Waals surface area contributed by atoms with Gasteiger partial charge in [0, 0.05) is 28.8 Å². The van der Waals surface area contributed by atoms with Gasteiger partial charge in [0.25, 0.3) is 0 Å². The first kappa shape index (κ1) is 16.1. The molecule has 1 N–H and O–H groups in total. The van der Waals surface area contributed by atoms with Crippen LogP contribution in [0, 0.1) is 6.92 Å². The summed E-state index contributed by atoms with van der Waals surface area (Å²) in [5.41, 5.74) is 2.28. The largest absolute Gasteiger partial charge is 0.303 e. The first-order valence-electron chi connectivity index (χ1n) is 7.51. The Morgan fingerprint density at radius 2 is 1.96 bits per heavy atom.